The number of furan rings is 1. The van der Waals surface area contributed by atoms with Crippen LogP contribution in [0.5, 0.6) is 11.5 Å². The molecule has 0 bridgehead atoms. The van der Waals surface area contributed by atoms with Crippen LogP contribution in [0.25, 0.3) is 11.3 Å². The van der Waals surface area contributed by atoms with Crippen LogP contribution in [-0.4, -0.2) is 79.1 Å². The summed E-state index contributed by atoms with van der Waals surface area (Å²) >= 11 is 0. The third-order valence-corrected chi connectivity index (χ3v) is 6.47. The lowest BCUT2D eigenvalue weighted by Crippen LogP contribution is -2.47. The summed E-state index contributed by atoms with van der Waals surface area (Å²) in [7, 11) is 2.30. The molecule has 14 nitrogen and oxygen atoms in total. The minimum absolute atomic E-state index is 0.00553. The van der Waals surface area contributed by atoms with Crippen molar-refractivity contribution in [2.45, 2.75) is 52.0 Å². The zero-order valence-corrected chi connectivity index (χ0v) is 24.0. The number of carbonyl (C=O) groups is 5. The van der Waals surface area contributed by atoms with Gasteiger partial charge in [0.2, 0.25) is 12.3 Å². The second-order valence-corrected chi connectivity index (χ2v) is 9.17. The Bertz CT molecular complexity index is 1240. The number of phenols is 1. The zero-order valence-electron chi connectivity index (χ0n) is 24.0. The van der Waals surface area contributed by atoms with Crippen molar-refractivity contribution in [1.82, 2.24) is 15.7 Å². The van der Waals surface area contributed by atoms with Gasteiger partial charge in [0.1, 0.15) is 22.8 Å². The number of hydrogen-bond acceptors (Lipinski definition) is 11. The van der Waals surface area contributed by atoms with Gasteiger partial charge in [0, 0.05) is 0 Å². The van der Waals surface area contributed by atoms with E-state index in [0.717, 1.165) is 26.4 Å². The van der Waals surface area contributed by atoms with Gasteiger partial charge in [0.15, 0.2) is 12.4 Å². The molecule has 0 saturated carbocycles. The van der Waals surface area contributed by atoms with E-state index in [1.54, 1.807) is 6.92 Å². The van der Waals surface area contributed by atoms with Crippen LogP contribution in [-0.2, 0) is 23.9 Å². The van der Waals surface area contributed by atoms with Crippen LogP contribution in [0, 0.1) is 5.92 Å². The van der Waals surface area contributed by atoms with Crippen LogP contribution in [0.4, 0.5) is 0 Å². The number of unbranched alkanes of at least 4 members (excludes halogenated alkanes) is 2. The van der Waals surface area contributed by atoms with Crippen molar-refractivity contribution in [2.75, 3.05) is 27.5 Å². The van der Waals surface area contributed by atoms with E-state index < -0.39 is 48.1 Å². The van der Waals surface area contributed by atoms with E-state index in [-0.39, 0.29) is 41.5 Å². The van der Waals surface area contributed by atoms with Crippen LogP contribution < -0.4 is 15.4 Å². The maximum Gasteiger partial charge on any atom is 0.343 e. The predicted molar refractivity (Wildman–Crippen MR) is 147 cm³/mol. The number of benzene rings is 1. The number of ether oxygens (including phenoxy) is 3. The Morgan fingerprint density at radius 2 is 1.81 bits per heavy atom. The van der Waals surface area contributed by atoms with Crippen molar-refractivity contribution >= 4 is 30.2 Å². The van der Waals surface area contributed by atoms with Gasteiger partial charge in [0.25, 0.3) is 5.91 Å². The highest BCUT2D eigenvalue weighted by atomic mass is 16.6. The molecular formula is C28H37N3O11. The lowest BCUT2D eigenvalue weighted by molar-refractivity contribution is -0.168. The van der Waals surface area contributed by atoms with Crippen LogP contribution in [0.1, 0.15) is 66.9 Å². The number of nitrogens with zero attached hydrogens (tertiary/aromatic N) is 1. The summed E-state index contributed by atoms with van der Waals surface area (Å²) in [4.78, 5) is 60.4. The molecule has 230 valence electrons. The largest absolute Gasteiger partial charge is 0.506 e. The molecule has 14 heteroatoms. The van der Waals surface area contributed by atoms with E-state index in [0.29, 0.717) is 17.9 Å². The summed E-state index contributed by atoms with van der Waals surface area (Å²) in [5, 5.41) is 26.2. The number of rotatable bonds is 17. The van der Waals surface area contributed by atoms with Gasteiger partial charge in [-0.2, -0.15) is 0 Å². The molecule has 3 amide bonds. The van der Waals surface area contributed by atoms with Gasteiger partial charge < -0.3 is 34.4 Å². The SMILES string of the molecule is CCCCCC(C(=O)NCNC(=O)c1ccc(-c2cc(OCC(=O)OC)cc(C(=O)OC)c2O)o1)[C@@H](CC)N(O)C=O. The van der Waals surface area contributed by atoms with Gasteiger partial charge in [-0.1, -0.05) is 33.1 Å². The van der Waals surface area contributed by atoms with Gasteiger partial charge >= 0.3 is 11.9 Å². The molecule has 1 unspecified atom stereocenters. The maximum absolute atomic E-state index is 12.9. The van der Waals surface area contributed by atoms with E-state index in [9.17, 15) is 34.3 Å². The highest BCUT2D eigenvalue weighted by molar-refractivity contribution is 5.96. The lowest BCUT2D eigenvalue weighted by Gasteiger charge is -2.29. The molecule has 0 spiro atoms. The van der Waals surface area contributed by atoms with Gasteiger partial charge in [-0.25, -0.2) is 14.7 Å². The second kappa shape index (κ2) is 16.6. The molecule has 0 saturated heterocycles. The van der Waals surface area contributed by atoms with Gasteiger partial charge in [0.05, 0.1) is 38.4 Å². The summed E-state index contributed by atoms with van der Waals surface area (Å²) in [6.07, 6.45) is 3.57. The molecule has 0 radical (unpaired) electrons. The van der Waals surface area contributed by atoms with E-state index in [4.69, 9.17) is 13.9 Å². The number of carbonyl (C=O) groups excluding carboxylic acids is 5. The predicted octanol–water partition coefficient (Wildman–Crippen LogP) is 2.62. The van der Waals surface area contributed by atoms with E-state index in [1.165, 1.54) is 31.4 Å². The van der Waals surface area contributed by atoms with Crippen molar-refractivity contribution in [3.8, 4) is 22.8 Å². The number of hydroxylamine groups is 2. The third-order valence-electron chi connectivity index (χ3n) is 6.47. The molecule has 0 aliphatic rings. The molecule has 2 rings (SSSR count). The molecule has 0 aliphatic carbocycles. The fourth-order valence-corrected chi connectivity index (χ4v) is 4.23. The standard InChI is InChI=1S/C28H37N3O11/c1-5-7-8-9-18(21(6-2)31(38)16-32)26(35)29-15-30-27(36)23-11-10-22(42-23)19-12-17(41-14-24(33)39-3)13-20(25(19)34)28(37)40-4/h10-13,16,18,21,34,38H,5-9,14-15H2,1-4H3,(H,29,35)(H,30,36)/t18?,21-/m1/s1. The first-order valence-corrected chi connectivity index (χ1v) is 13.3. The number of esters is 2. The summed E-state index contributed by atoms with van der Waals surface area (Å²) in [6.45, 7) is 3.03. The fourth-order valence-electron chi connectivity index (χ4n) is 4.23. The Kier molecular flexibility index (Phi) is 13.3. The monoisotopic (exact) mass is 591 g/mol. The minimum Gasteiger partial charge on any atom is -0.506 e. The van der Waals surface area contributed by atoms with Crippen molar-refractivity contribution in [3.63, 3.8) is 0 Å². The smallest absolute Gasteiger partial charge is 0.343 e. The lowest BCUT2D eigenvalue weighted by atomic mass is 9.90. The highest BCUT2D eigenvalue weighted by Crippen LogP contribution is 2.37. The first-order valence-electron chi connectivity index (χ1n) is 13.3. The third kappa shape index (κ3) is 8.96. The average molecular weight is 592 g/mol. The number of methoxy groups -OCH3 is 2. The van der Waals surface area contributed by atoms with Gasteiger partial charge in [-0.3, -0.25) is 19.6 Å². The van der Waals surface area contributed by atoms with Crippen molar-refractivity contribution < 1.29 is 52.9 Å². The maximum atomic E-state index is 12.9. The summed E-state index contributed by atoms with van der Waals surface area (Å²) < 4.78 is 20.2. The first kappa shape index (κ1) is 33.6. The minimum atomic E-state index is -0.881. The van der Waals surface area contributed by atoms with Gasteiger partial charge in [-0.05, 0) is 37.1 Å². The quantitative estimate of drug-likeness (QED) is 0.0527. The van der Waals surface area contributed by atoms with Crippen LogP contribution in [0.2, 0.25) is 0 Å². The topological polar surface area (TPSA) is 194 Å². The van der Waals surface area contributed by atoms with Crippen molar-refractivity contribution in [1.29, 1.82) is 0 Å². The molecule has 0 fully saturated rings. The molecular weight excluding hydrogens is 554 g/mol. The van der Waals surface area contributed by atoms with E-state index >= 15 is 0 Å². The van der Waals surface area contributed by atoms with Crippen LogP contribution >= 0.6 is 0 Å². The number of amides is 3. The number of aromatic hydroxyl groups is 1. The van der Waals surface area contributed by atoms with Crippen LogP contribution in [0.3, 0.4) is 0 Å². The van der Waals surface area contributed by atoms with E-state index in [1.807, 2.05) is 6.92 Å². The Morgan fingerprint density at radius 1 is 1.07 bits per heavy atom. The average Bonchev–Trinajstić information content (AvgIpc) is 3.49. The molecule has 1 aromatic heterocycles. The zero-order chi connectivity index (χ0) is 31.2. The van der Waals surface area contributed by atoms with Gasteiger partial charge in [-0.15, -0.1) is 0 Å². The van der Waals surface area contributed by atoms with Crippen LogP contribution in [0.15, 0.2) is 28.7 Å². The van der Waals surface area contributed by atoms with Crippen molar-refractivity contribution in [2.24, 2.45) is 5.92 Å². The Balaban J connectivity index is 2.16. The Morgan fingerprint density at radius 3 is 2.43 bits per heavy atom. The van der Waals surface area contributed by atoms with Crippen molar-refractivity contribution in [3.05, 3.63) is 35.6 Å². The number of phenolic OH excluding ortho intramolecular Hbond substituents is 1. The Hall–Kier alpha value is -4.59. The second-order valence-electron chi connectivity index (χ2n) is 9.17. The molecule has 4 N–H and O–H groups in total. The summed E-state index contributed by atoms with van der Waals surface area (Å²) in [5.41, 5.74) is -0.288. The first-order chi connectivity index (χ1) is 20.1. The fraction of sp³-hybridized carbons (Fsp3) is 0.464. The molecule has 2 aromatic rings. The normalized spacial score (nSPS) is 12.0. The molecule has 0 aliphatic heterocycles. The van der Waals surface area contributed by atoms with E-state index in [2.05, 4.69) is 15.4 Å². The Labute approximate surface area is 242 Å². The highest BCUT2D eigenvalue weighted by Gasteiger charge is 2.30. The number of nitrogens with one attached hydrogen (secondary N) is 2. The summed E-state index contributed by atoms with van der Waals surface area (Å²) in [5.74, 6) is -4.05. The molecule has 1 aromatic carbocycles. The molecule has 2 atom stereocenters. The summed E-state index contributed by atoms with van der Waals surface area (Å²) in [6, 6.07) is 4.45. The molecule has 1 heterocycles. The number of hydrogen-bond donors (Lipinski definition) is 4. The molecule has 42 heavy (non-hydrogen) atoms.